The first-order chi connectivity index (χ1) is 14.2. The number of hydrogen-bond acceptors (Lipinski definition) is 6. The van der Waals surface area contributed by atoms with Crippen LogP contribution in [0.2, 0.25) is 0 Å². The lowest BCUT2D eigenvalue weighted by Gasteiger charge is -2.19. The summed E-state index contributed by atoms with van der Waals surface area (Å²) >= 11 is 3.15. The molecular weight excluding hydrogens is 476 g/mol. The van der Waals surface area contributed by atoms with Gasteiger partial charge in [-0.25, -0.2) is 13.2 Å². The van der Waals surface area contributed by atoms with Crippen LogP contribution in [0.25, 0.3) is 6.08 Å². The highest BCUT2D eigenvalue weighted by Gasteiger charge is 2.22. The van der Waals surface area contributed by atoms with E-state index in [2.05, 4.69) is 21.2 Å². The van der Waals surface area contributed by atoms with E-state index in [1.165, 1.54) is 22.5 Å². The monoisotopic (exact) mass is 498 g/mol. The Kier molecular flexibility index (Phi) is 8.39. The molecule has 30 heavy (non-hydrogen) atoms. The summed E-state index contributed by atoms with van der Waals surface area (Å²) in [4.78, 5) is 24.0. The van der Waals surface area contributed by atoms with Gasteiger partial charge in [-0.2, -0.15) is 4.31 Å². The smallest absolute Gasteiger partial charge is 0.331 e. The molecule has 0 saturated carbocycles. The Balaban J connectivity index is 2.01. The number of nitrogens with one attached hydrogen (secondary N) is 1. The van der Waals surface area contributed by atoms with Crippen LogP contribution in [0.3, 0.4) is 0 Å². The normalized spacial score (nSPS) is 11.8. The number of amides is 1. The first-order valence-electron chi connectivity index (χ1n) is 9.18. The fraction of sp³-hybridized carbons (Fsp3) is 0.300. The molecule has 2 rings (SSSR count). The second-order valence-corrected chi connectivity index (χ2v) is 8.92. The van der Waals surface area contributed by atoms with Gasteiger partial charge in [-0.1, -0.05) is 19.9 Å². The Hall–Kier alpha value is -2.43. The minimum absolute atomic E-state index is 0.0802. The number of nitrogens with zero attached hydrogens (tertiary/aromatic N) is 1. The molecule has 0 unspecified atom stereocenters. The van der Waals surface area contributed by atoms with Crippen molar-refractivity contribution in [3.63, 3.8) is 0 Å². The number of rotatable bonds is 9. The number of aryl methyl sites for hydroxylation is 1. The van der Waals surface area contributed by atoms with E-state index in [0.29, 0.717) is 34.8 Å². The summed E-state index contributed by atoms with van der Waals surface area (Å²) in [6.45, 7) is 5.41. The van der Waals surface area contributed by atoms with E-state index in [4.69, 9.17) is 9.15 Å². The average Bonchev–Trinajstić information content (AvgIpc) is 3.12. The third kappa shape index (κ3) is 6.28. The number of sulfonamides is 1. The Morgan fingerprint density at radius 1 is 1.20 bits per heavy atom. The minimum Gasteiger partial charge on any atom is -0.452 e. The second kappa shape index (κ2) is 10.6. The highest BCUT2D eigenvalue weighted by molar-refractivity contribution is 9.10. The summed E-state index contributed by atoms with van der Waals surface area (Å²) in [7, 11) is -3.66. The molecule has 0 spiro atoms. The quantitative estimate of drug-likeness (QED) is 0.418. The van der Waals surface area contributed by atoms with Crippen LogP contribution in [0.15, 0.2) is 50.4 Å². The Morgan fingerprint density at radius 3 is 2.50 bits per heavy atom. The zero-order chi connectivity index (χ0) is 22.3. The molecule has 0 bridgehead atoms. The Labute approximate surface area is 184 Å². The van der Waals surface area contributed by atoms with Crippen molar-refractivity contribution in [2.75, 3.05) is 25.0 Å². The van der Waals surface area contributed by atoms with Crippen LogP contribution in [-0.2, 0) is 24.3 Å². The number of halogens is 1. The fourth-order valence-electron chi connectivity index (χ4n) is 2.55. The molecule has 2 aromatic rings. The van der Waals surface area contributed by atoms with Crippen LogP contribution < -0.4 is 5.32 Å². The van der Waals surface area contributed by atoms with E-state index in [-0.39, 0.29) is 4.90 Å². The van der Waals surface area contributed by atoms with Gasteiger partial charge in [0.25, 0.3) is 5.91 Å². The largest absolute Gasteiger partial charge is 0.452 e. The standard InChI is InChI=1S/C20H23BrN2O6S/c1-4-23(5-2)30(26,27)16-9-6-14(3)17(12-16)22-19(24)13-28-20(25)11-8-15-7-10-18(21)29-15/h6-12H,4-5,13H2,1-3H3,(H,22,24)/b11-8+. The van der Waals surface area contributed by atoms with Gasteiger partial charge in [0.1, 0.15) is 5.76 Å². The molecule has 1 amide bonds. The maximum atomic E-state index is 12.7. The Bertz CT molecular complexity index is 1040. The third-order valence-corrected chi connectivity index (χ3v) is 6.62. The molecule has 162 valence electrons. The van der Waals surface area contributed by atoms with Crippen molar-refractivity contribution in [1.82, 2.24) is 4.31 Å². The molecular formula is C20H23BrN2O6S. The lowest BCUT2D eigenvalue weighted by molar-refractivity contribution is -0.142. The van der Waals surface area contributed by atoms with Crippen molar-refractivity contribution in [3.8, 4) is 0 Å². The fourth-order valence-corrected chi connectivity index (χ4v) is 4.35. The summed E-state index contributed by atoms with van der Waals surface area (Å²) in [6, 6.07) is 7.84. The molecule has 10 heteroatoms. The maximum absolute atomic E-state index is 12.7. The number of carbonyl (C=O) groups excluding carboxylic acids is 2. The van der Waals surface area contributed by atoms with Gasteiger partial charge in [-0.05, 0) is 58.8 Å². The summed E-state index contributed by atoms with van der Waals surface area (Å²) in [5.41, 5.74) is 1.01. The molecule has 8 nitrogen and oxygen atoms in total. The van der Waals surface area contributed by atoms with Crippen LogP contribution in [0.4, 0.5) is 5.69 Å². The van der Waals surface area contributed by atoms with Crippen molar-refractivity contribution < 1.29 is 27.2 Å². The van der Waals surface area contributed by atoms with Gasteiger partial charge in [0, 0.05) is 24.9 Å². The van der Waals surface area contributed by atoms with Gasteiger partial charge in [0.2, 0.25) is 10.0 Å². The predicted molar refractivity (Wildman–Crippen MR) is 116 cm³/mol. The van der Waals surface area contributed by atoms with Crippen LogP contribution in [0, 0.1) is 6.92 Å². The second-order valence-electron chi connectivity index (χ2n) is 6.20. The summed E-state index contributed by atoms with van der Waals surface area (Å²) in [5, 5.41) is 2.58. The van der Waals surface area contributed by atoms with E-state index in [1.807, 2.05) is 0 Å². The van der Waals surface area contributed by atoms with Crippen LogP contribution in [-0.4, -0.2) is 44.3 Å². The molecule has 1 heterocycles. The minimum atomic E-state index is -3.66. The number of hydrogen-bond donors (Lipinski definition) is 1. The molecule has 1 N–H and O–H groups in total. The highest BCUT2D eigenvalue weighted by atomic mass is 79.9. The van der Waals surface area contributed by atoms with Crippen LogP contribution in [0.5, 0.6) is 0 Å². The first kappa shape index (κ1) is 23.8. The van der Waals surface area contributed by atoms with Crippen molar-refractivity contribution >= 4 is 49.6 Å². The average molecular weight is 499 g/mol. The third-order valence-electron chi connectivity index (χ3n) is 4.15. The molecule has 0 aliphatic rings. The Morgan fingerprint density at radius 2 is 1.90 bits per heavy atom. The number of carbonyl (C=O) groups is 2. The highest BCUT2D eigenvalue weighted by Crippen LogP contribution is 2.23. The summed E-state index contributed by atoms with van der Waals surface area (Å²) < 4.78 is 37.3. The van der Waals surface area contributed by atoms with E-state index in [1.54, 1.807) is 39.0 Å². The molecule has 0 atom stereocenters. The van der Waals surface area contributed by atoms with E-state index >= 15 is 0 Å². The number of furan rings is 1. The molecule has 0 fully saturated rings. The van der Waals surface area contributed by atoms with E-state index in [0.717, 1.165) is 6.08 Å². The van der Waals surface area contributed by atoms with Crippen molar-refractivity contribution in [2.45, 2.75) is 25.7 Å². The van der Waals surface area contributed by atoms with Crippen LogP contribution >= 0.6 is 15.9 Å². The number of anilines is 1. The topological polar surface area (TPSA) is 106 Å². The predicted octanol–water partition coefficient (Wildman–Crippen LogP) is 3.58. The molecule has 0 aliphatic heterocycles. The van der Waals surface area contributed by atoms with Gasteiger partial charge in [-0.15, -0.1) is 0 Å². The van der Waals surface area contributed by atoms with E-state index < -0.39 is 28.5 Å². The zero-order valence-electron chi connectivity index (χ0n) is 16.8. The van der Waals surface area contributed by atoms with Gasteiger partial charge >= 0.3 is 5.97 Å². The molecule has 0 radical (unpaired) electrons. The lowest BCUT2D eigenvalue weighted by atomic mass is 10.2. The lowest BCUT2D eigenvalue weighted by Crippen LogP contribution is -2.30. The molecule has 1 aromatic carbocycles. The van der Waals surface area contributed by atoms with Crippen LogP contribution in [0.1, 0.15) is 25.2 Å². The van der Waals surface area contributed by atoms with Gasteiger partial charge in [-0.3, -0.25) is 4.79 Å². The van der Waals surface area contributed by atoms with Crippen molar-refractivity contribution in [2.24, 2.45) is 0 Å². The molecule has 0 aliphatic carbocycles. The zero-order valence-corrected chi connectivity index (χ0v) is 19.2. The number of ether oxygens (including phenoxy) is 1. The summed E-state index contributed by atoms with van der Waals surface area (Å²) in [6.07, 6.45) is 2.55. The molecule has 1 aromatic heterocycles. The molecule has 0 saturated heterocycles. The van der Waals surface area contributed by atoms with E-state index in [9.17, 15) is 18.0 Å². The number of esters is 1. The van der Waals surface area contributed by atoms with Gasteiger partial charge in [0.15, 0.2) is 11.3 Å². The van der Waals surface area contributed by atoms with Gasteiger partial charge < -0.3 is 14.5 Å². The first-order valence-corrected chi connectivity index (χ1v) is 11.4. The maximum Gasteiger partial charge on any atom is 0.331 e. The summed E-state index contributed by atoms with van der Waals surface area (Å²) in [5.74, 6) is -0.852. The number of benzene rings is 1. The van der Waals surface area contributed by atoms with Crippen molar-refractivity contribution in [3.05, 3.63) is 52.4 Å². The van der Waals surface area contributed by atoms with Gasteiger partial charge in [0.05, 0.1) is 4.90 Å². The van der Waals surface area contributed by atoms with Crippen molar-refractivity contribution in [1.29, 1.82) is 0 Å². The SMILES string of the molecule is CCN(CC)S(=O)(=O)c1ccc(C)c(NC(=O)COC(=O)/C=C/c2ccc(Br)o2)c1.